The van der Waals surface area contributed by atoms with Gasteiger partial charge in [0.15, 0.2) is 0 Å². The van der Waals surface area contributed by atoms with E-state index in [2.05, 4.69) is 13.8 Å². The molecule has 1 amide bonds. The molecule has 7 heteroatoms. The Morgan fingerprint density at radius 1 is 1.00 bits per heavy atom. The summed E-state index contributed by atoms with van der Waals surface area (Å²) in [6, 6.07) is 13.3. The Balaban J connectivity index is 2.01. The van der Waals surface area contributed by atoms with Crippen LogP contribution in [-0.2, 0) is 14.3 Å². The standard InChI is InChI=1S/C26H31NO6/c1-5-32-20-10-6-18(7-11-20)23-22(25(29)26(30)27(23)14-15-31-4)24(28)19-8-12-21(13-9-19)33-16-17(2)3/h6-13,17,23,28H,5,14-16H2,1-4H3/b24-22+. The Bertz CT molecular complexity index is 994. The van der Waals surface area contributed by atoms with Crippen LogP contribution in [0.1, 0.15) is 37.9 Å². The normalized spacial score (nSPS) is 17.6. The second kappa shape index (κ2) is 11.0. The maximum atomic E-state index is 13.0. The molecule has 2 aromatic rings. The van der Waals surface area contributed by atoms with E-state index in [1.54, 1.807) is 48.5 Å². The molecule has 0 spiro atoms. The summed E-state index contributed by atoms with van der Waals surface area (Å²) < 4.78 is 16.3. The van der Waals surface area contributed by atoms with Crippen LogP contribution in [0.2, 0.25) is 0 Å². The molecule has 0 bridgehead atoms. The molecule has 1 fully saturated rings. The number of benzene rings is 2. The van der Waals surface area contributed by atoms with Gasteiger partial charge in [0.2, 0.25) is 0 Å². The van der Waals surface area contributed by atoms with Gasteiger partial charge in [-0.05, 0) is 54.8 Å². The minimum Gasteiger partial charge on any atom is -0.507 e. The van der Waals surface area contributed by atoms with Crippen LogP contribution < -0.4 is 9.47 Å². The molecule has 1 N–H and O–H groups in total. The number of carbonyl (C=O) groups excluding carboxylic acids is 2. The van der Waals surface area contributed by atoms with Crippen molar-refractivity contribution in [3.05, 3.63) is 65.2 Å². The van der Waals surface area contributed by atoms with Gasteiger partial charge in [-0.15, -0.1) is 0 Å². The van der Waals surface area contributed by atoms with E-state index < -0.39 is 17.7 Å². The molecule has 1 aliphatic rings. The largest absolute Gasteiger partial charge is 0.507 e. The number of aliphatic hydroxyl groups excluding tert-OH is 1. The first-order valence-electron chi connectivity index (χ1n) is 11.1. The minimum atomic E-state index is -0.729. The van der Waals surface area contributed by atoms with Crippen LogP contribution in [0.5, 0.6) is 11.5 Å². The second-order valence-corrected chi connectivity index (χ2v) is 8.22. The molecular formula is C26H31NO6. The number of Topliss-reactive ketones (excluding diaryl/α,β-unsaturated/α-hetero) is 1. The first-order chi connectivity index (χ1) is 15.9. The second-order valence-electron chi connectivity index (χ2n) is 8.22. The average Bonchev–Trinajstić information content (AvgIpc) is 3.06. The third-order valence-corrected chi connectivity index (χ3v) is 5.29. The Morgan fingerprint density at radius 2 is 1.61 bits per heavy atom. The average molecular weight is 454 g/mol. The van der Waals surface area contributed by atoms with E-state index in [-0.39, 0.29) is 24.5 Å². The highest BCUT2D eigenvalue weighted by Crippen LogP contribution is 2.39. The monoisotopic (exact) mass is 453 g/mol. The fraction of sp³-hybridized carbons (Fsp3) is 0.385. The highest BCUT2D eigenvalue weighted by atomic mass is 16.5. The van der Waals surface area contributed by atoms with E-state index in [4.69, 9.17) is 14.2 Å². The van der Waals surface area contributed by atoms with Crippen LogP contribution in [0.4, 0.5) is 0 Å². The van der Waals surface area contributed by atoms with Gasteiger partial charge in [-0.25, -0.2) is 0 Å². The number of likely N-dealkylation sites (tertiary alicyclic amines) is 1. The van der Waals surface area contributed by atoms with Crippen LogP contribution >= 0.6 is 0 Å². The van der Waals surface area contributed by atoms with Crippen LogP contribution in [0.15, 0.2) is 54.1 Å². The summed E-state index contributed by atoms with van der Waals surface area (Å²) in [6.07, 6.45) is 0. The number of carbonyl (C=O) groups is 2. The van der Waals surface area contributed by atoms with Crippen LogP contribution in [0, 0.1) is 5.92 Å². The lowest BCUT2D eigenvalue weighted by Gasteiger charge is -2.25. The lowest BCUT2D eigenvalue weighted by Crippen LogP contribution is -2.32. The molecule has 0 radical (unpaired) electrons. The molecule has 176 valence electrons. The van der Waals surface area contributed by atoms with Gasteiger partial charge in [0.1, 0.15) is 17.3 Å². The predicted molar refractivity (Wildman–Crippen MR) is 125 cm³/mol. The quantitative estimate of drug-likeness (QED) is 0.330. The first-order valence-corrected chi connectivity index (χ1v) is 11.1. The first kappa shape index (κ1) is 24.3. The number of aliphatic hydroxyl groups is 1. The van der Waals surface area contributed by atoms with E-state index in [9.17, 15) is 14.7 Å². The third kappa shape index (κ3) is 5.54. The van der Waals surface area contributed by atoms with Gasteiger partial charge in [0, 0.05) is 19.2 Å². The van der Waals surface area contributed by atoms with Crippen molar-refractivity contribution in [3.8, 4) is 11.5 Å². The number of methoxy groups -OCH3 is 1. The van der Waals surface area contributed by atoms with Crippen molar-refractivity contribution in [2.75, 3.05) is 33.5 Å². The number of rotatable bonds is 10. The number of nitrogens with zero attached hydrogens (tertiary/aromatic N) is 1. The summed E-state index contributed by atoms with van der Waals surface area (Å²) in [6.45, 7) is 7.61. The van der Waals surface area contributed by atoms with E-state index >= 15 is 0 Å². The topological polar surface area (TPSA) is 85.3 Å². The van der Waals surface area contributed by atoms with E-state index in [0.717, 1.165) is 0 Å². The molecule has 0 saturated carbocycles. The third-order valence-electron chi connectivity index (χ3n) is 5.29. The predicted octanol–water partition coefficient (Wildman–Crippen LogP) is 4.19. The molecule has 1 saturated heterocycles. The smallest absolute Gasteiger partial charge is 0.295 e. The van der Waals surface area contributed by atoms with Crippen molar-refractivity contribution in [2.24, 2.45) is 5.92 Å². The van der Waals surface area contributed by atoms with Crippen LogP contribution in [-0.4, -0.2) is 55.2 Å². The fourth-order valence-corrected chi connectivity index (χ4v) is 3.69. The zero-order valence-corrected chi connectivity index (χ0v) is 19.5. The van der Waals surface area contributed by atoms with E-state index in [1.165, 1.54) is 12.0 Å². The molecular weight excluding hydrogens is 422 g/mol. The maximum Gasteiger partial charge on any atom is 0.295 e. The van der Waals surface area contributed by atoms with Crippen molar-refractivity contribution in [3.63, 3.8) is 0 Å². The van der Waals surface area contributed by atoms with Gasteiger partial charge in [-0.3, -0.25) is 9.59 Å². The number of hydrogen-bond donors (Lipinski definition) is 1. The number of ketones is 1. The lowest BCUT2D eigenvalue weighted by molar-refractivity contribution is -0.140. The molecule has 1 unspecified atom stereocenters. The highest BCUT2D eigenvalue weighted by molar-refractivity contribution is 6.46. The molecule has 1 heterocycles. The zero-order valence-electron chi connectivity index (χ0n) is 19.5. The Labute approximate surface area is 194 Å². The van der Waals surface area contributed by atoms with Crippen molar-refractivity contribution >= 4 is 17.4 Å². The summed E-state index contributed by atoms with van der Waals surface area (Å²) in [5, 5.41) is 11.1. The number of amides is 1. The molecule has 1 atom stereocenters. The molecule has 1 aliphatic heterocycles. The molecule has 33 heavy (non-hydrogen) atoms. The summed E-state index contributed by atoms with van der Waals surface area (Å²) in [5.41, 5.74) is 1.19. The minimum absolute atomic E-state index is 0.0520. The Hall–Kier alpha value is -3.32. The van der Waals surface area contributed by atoms with Gasteiger partial charge in [-0.2, -0.15) is 0 Å². The highest BCUT2D eigenvalue weighted by Gasteiger charge is 2.45. The summed E-state index contributed by atoms with van der Waals surface area (Å²) >= 11 is 0. The SMILES string of the molecule is CCOc1ccc(C2/C(=C(\O)c3ccc(OCC(C)C)cc3)C(=O)C(=O)N2CCOC)cc1. The van der Waals surface area contributed by atoms with E-state index in [1.807, 2.05) is 6.92 Å². The van der Waals surface area contributed by atoms with Crippen LogP contribution in [0.25, 0.3) is 5.76 Å². The summed E-state index contributed by atoms with van der Waals surface area (Å²) in [5.74, 6) is 0.140. The molecule has 0 aliphatic carbocycles. The lowest BCUT2D eigenvalue weighted by atomic mass is 9.95. The molecule has 0 aromatic heterocycles. The van der Waals surface area contributed by atoms with Gasteiger partial charge in [-0.1, -0.05) is 26.0 Å². The fourth-order valence-electron chi connectivity index (χ4n) is 3.69. The van der Waals surface area contributed by atoms with Crippen molar-refractivity contribution in [1.29, 1.82) is 0 Å². The number of ether oxygens (including phenoxy) is 3. The molecule has 3 rings (SSSR count). The van der Waals surface area contributed by atoms with Crippen molar-refractivity contribution < 1.29 is 28.9 Å². The number of hydrogen-bond acceptors (Lipinski definition) is 6. The Kier molecular flexibility index (Phi) is 8.11. The molecule has 7 nitrogen and oxygen atoms in total. The Morgan fingerprint density at radius 3 is 2.18 bits per heavy atom. The summed E-state index contributed by atoms with van der Waals surface area (Å²) in [4.78, 5) is 27.3. The van der Waals surface area contributed by atoms with Gasteiger partial charge in [0.25, 0.3) is 11.7 Å². The van der Waals surface area contributed by atoms with Crippen molar-refractivity contribution in [1.82, 2.24) is 4.90 Å². The van der Waals surface area contributed by atoms with Gasteiger partial charge in [0.05, 0.1) is 31.4 Å². The van der Waals surface area contributed by atoms with Crippen LogP contribution in [0.3, 0.4) is 0 Å². The van der Waals surface area contributed by atoms with Crippen molar-refractivity contribution in [2.45, 2.75) is 26.8 Å². The summed E-state index contributed by atoms with van der Waals surface area (Å²) in [7, 11) is 1.53. The van der Waals surface area contributed by atoms with E-state index in [0.29, 0.717) is 41.8 Å². The maximum absolute atomic E-state index is 13.0. The zero-order chi connectivity index (χ0) is 24.0. The van der Waals surface area contributed by atoms with Gasteiger partial charge >= 0.3 is 0 Å². The molecule has 2 aromatic carbocycles. The van der Waals surface area contributed by atoms with Gasteiger partial charge < -0.3 is 24.2 Å².